The molecule has 19 heavy (non-hydrogen) atoms. The van der Waals surface area contributed by atoms with Gasteiger partial charge in [-0.25, -0.2) is 4.79 Å². The lowest BCUT2D eigenvalue weighted by atomic mass is 10.1. The molecule has 1 aliphatic rings. The van der Waals surface area contributed by atoms with Crippen molar-refractivity contribution in [2.75, 3.05) is 45.2 Å². The van der Waals surface area contributed by atoms with E-state index in [0.717, 1.165) is 44.8 Å². The molecule has 0 aromatic heterocycles. The highest BCUT2D eigenvalue weighted by molar-refractivity contribution is 5.84. The number of hydrogen-bond donors (Lipinski definition) is 2. The van der Waals surface area contributed by atoms with Crippen molar-refractivity contribution in [2.24, 2.45) is 0 Å². The number of piperazine rings is 1. The number of hydrogen-bond acceptors (Lipinski definition) is 4. The first-order valence-electron chi connectivity index (χ1n) is 6.65. The van der Waals surface area contributed by atoms with Crippen molar-refractivity contribution in [1.82, 2.24) is 10.2 Å². The number of amides is 1. The summed E-state index contributed by atoms with van der Waals surface area (Å²) in [5.41, 5.74) is 2.01. The minimum absolute atomic E-state index is 0.431. The Bertz CT molecular complexity index is 417. The number of carbonyl (C=O) groups excluding carboxylic acids is 1. The number of nitrogens with one attached hydrogen (secondary N) is 2. The lowest BCUT2D eigenvalue weighted by Gasteiger charge is -2.27. The zero-order valence-corrected chi connectivity index (χ0v) is 11.3. The third-order valence-corrected chi connectivity index (χ3v) is 3.29. The van der Waals surface area contributed by atoms with E-state index in [0.29, 0.717) is 0 Å². The van der Waals surface area contributed by atoms with Crippen LogP contribution in [-0.4, -0.2) is 50.8 Å². The highest BCUT2D eigenvalue weighted by Crippen LogP contribution is 2.12. The molecule has 5 heteroatoms. The first kappa shape index (κ1) is 13.8. The number of carbonyl (C=O) groups is 1. The minimum Gasteiger partial charge on any atom is -0.453 e. The highest BCUT2D eigenvalue weighted by atomic mass is 16.5. The van der Waals surface area contributed by atoms with E-state index < -0.39 is 6.09 Å². The fourth-order valence-electron chi connectivity index (χ4n) is 2.20. The molecule has 1 saturated heterocycles. The summed E-state index contributed by atoms with van der Waals surface area (Å²) in [6, 6.07) is 7.91. The summed E-state index contributed by atoms with van der Waals surface area (Å²) in [5.74, 6) is 0. The first-order valence-corrected chi connectivity index (χ1v) is 6.65. The summed E-state index contributed by atoms with van der Waals surface area (Å²) in [6.45, 7) is 5.43. The van der Waals surface area contributed by atoms with E-state index in [9.17, 15) is 4.79 Å². The molecule has 5 nitrogen and oxygen atoms in total. The maximum absolute atomic E-state index is 11.1. The van der Waals surface area contributed by atoms with Crippen LogP contribution in [0, 0.1) is 0 Å². The zero-order valence-electron chi connectivity index (χ0n) is 11.3. The molecule has 0 radical (unpaired) electrons. The summed E-state index contributed by atoms with van der Waals surface area (Å²) in [6.07, 6.45) is 0.565. The van der Waals surface area contributed by atoms with Crippen LogP contribution in [0.3, 0.4) is 0 Å². The molecule has 1 amide bonds. The van der Waals surface area contributed by atoms with Gasteiger partial charge in [0, 0.05) is 38.4 Å². The van der Waals surface area contributed by atoms with Gasteiger partial charge in [0.05, 0.1) is 7.11 Å². The molecule has 1 aromatic carbocycles. The van der Waals surface area contributed by atoms with Gasteiger partial charge in [0.1, 0.15) is 0 Å². The number of rotatable bonds is 4. The summed E-state index contributed by atoms with van der Waals surface area (Å²) >= 11 is 0. The molecule has 1 aromatic rings. The fraction of sp³-hybridized carbons (Fsp3) is 0.500. The standard InChI is InChI=1S/C14H21N3O2/c1-19-14(18)16-13-4-2-3-12(11-13)5-8-17-9-6-15-7-10-17/h2-4,11,15H,5-10H2,1H3,(H,16,18). The van der Waals surface area contributed by atoms with Crippen LogP contribution < -0.4 is 10.6 Å². The molecule has 2 N–H and O–H groups in total. The summed E-state index contributed by atoms with van der Waals surface area (Å²) in [7, 11) is 1.36. The second-order valence-corrected chi connectivity index (χ2v) is 4.66. The predicted octanol–water partition coefficient (Wildman–Crippen LogP) is 1.31. The van der Waals surface area contributed by atoms with Gasteiger partial charge in [-0.3, -0.25) is 5.32 Å². The lowest BCUT2D eigenvalue weighted by Crippen LogP contribution is -2.44. The Morgan fingerprint density at radius 2 is 2.21 bits per heavy atom. The van der Waals surface area contributed by atoms with E-state index in [1.165, 1.54) is 12.7 Å². The Kier molecular flexibility index (Phi) is 5.18. The number of ether oxygens (including phenoxy) is 1. The fourth-order valence-corrected chi connectivity index (χ4v) is 2.20. The van der Waals surface area contributed by atoms with Gasteiger partial charge in [-0.15, -0.1) is 0 Å². The van der Waals surface area contributed by atoms with Gasteiger partial charge in [-0.2, -0.15) is 0 Å². The average Bonchev–Trinajstić information content (AvgIpc) is 2.46. The Labute approximate surface area is 113 Å². The Hall–Kier alpha value is -1.59. The van der Waals surface area contributed by atoms with E-state index in [4.69, 9.17) is 0 Å². The second kappa shape index (κ2) is 7.11. The Balaban J connectivity index is 1.85. The van der Waals surface area contributed by atoms with Gasteiger partial charge in [-0.05, 0) is 24.1 Å². The average molecular weight is 263 g/mol. The van der Waals surface area contributed by atoms with Gasteiger partial charge in [-0.1, -0.05) is 12.1 Å². The monoisotopic (exact) mass is 263 g/mol. The van der Waals surface area contributed by atoms with Crippen LogP contribution in [0.25, 0.3) is 0 Å². The first-order chi connectivity index (χ1) is 9.28. The van der Waals surface area contributed by atoms with Gasteiger partial charge in [0.25, 0.3) is 0 Å². The highest BCUT2D eigenvalue weighted by Gasteiger charge is 2.09. The Morgan fingerprint density at radius 1 is 1.42 bits per heavy atom. The third kappa shape index (κ3) is 4.54. The van der Waals surface area contributed by atoms with Crippen molar-refractivity contribution in [3.8, 4) is 0 Å². The minimum atomic E-state index is -0.431. The predicted molar refractivity (Wildman–Crippen MR) is 75.5 cm³/mol. The zero-order chi connectivity index (χ0) is 13.5. The van der Waals surface area contributed by atoms with Crippen LogP contribution in [-0.2, 0) is 11.2 Å². The molecule has 0 bridgehead atoms. The van der Waals surface area contributed by atoms with E-state index in [1.807, 2.05) is 18.2 Å². The topological polar surface area (TPSA) is 53.6 Å². The van der Waals surface area contributed by atoms with Crippen LogP contribution in [0.4, 0.5) is 10.5 Å². The van der Waals surface area contributed by atoms with Crippen molar-refractivity contribution >= 4 is 11.8 Å². The number of benzene rings is 1. The van der Waals surface area contributed by atoms with E-state index in [2.05, 4.69) is 26.3 Å². The molecule has 0 spiro atoms. The van der Waals surface area contributed by atoms with Crippen LogP contribution >= 0.6 is 0 Å². The molecule has 0 unspecified atom stereocenters. The molecule has 0 atom stereocenters. The normalized spacial score (nSPS) is 16.1. The van der Waals surface area contributed by atoms with Gasteiger partial charge < -0.3 is 15.0 Å². The summed E-state index contributed by atoms with van der Waals surface area (Å²) < 4.78 is 4.58. The molecule has 1 aliphatic heterocycles. The summed E-state index contributed by atoms with van der Waals surface area (Å²) in [4.78, 5) is 13.6. The molecular formula is C14H21N3O2. The van der Waals surface area contributed by atoms with Gasteiger partial charge in [0.2, 0.25) is 0 Å². The van der Waals surface area contributed by atoms with E-state index >= 15 is 0 Å². The van der Waals surface area contributed by atoms with E-state index in [1.54, 1.807) is 0 Å². The largest absolute Gasteiger partial charge is 0.453 e. The van der Waals surface area contributed by atoms with Crippen molar-refractivity contribution in [3.05, 3.63) is 29.8 Å². The number of nitrogens with zero attached hydrogens (tertiary/aromatic N) is 1. The molecule has 104 valence electrons. The van der Waals surface area contributed by atoms with Crippen LogP contribution in [0.2, 0.25) is 0 Å². The smallest absolute Gasteiger partial charge is 0.411 e. The van der Waals surface area contributed by atoms with Crippen molar-refractivity contribution in [2.45, 2.75) is 6.42 Å². The van der Waals surface area contributed by atoms with Crippen molar-refractivity contribution < 1.29 is 9.53 Å². The number of methoxy groups -OCH3 is 1. The SMILES string of the molecule is COC(=O)Nc1cccc(CCN2CCNCC2)c1. The van der Waals surface area contributed by atoms with Gasteiger partial charge >= 0.3 is 6.09 Å². The molecular weight excluding hydrogens is 242 g/mol. The van der Waals surface area contributed by atoms with Crippen LogP contribution in [0.15, 0.2) is 24.3 Å². The van der Waals surface area contributed by atoms with Gasteiger partial charge in [0.15, 0.2) is 0 Å². The second-order valence-electron chi connectivity index (χ2n) is 4.66. The molecule has 1 heterocycles. The lowest BCUT2D eigenvalue weighted by molar-refractivity contribution is 0.187. The van der Waals surface area contributed by atoms with Crippen LogP contribution in [0.5, 0.6) is 0 Å². The molecule has 2 rings (SSSR count). The van der Waals surface area contributed by atoms with Crippen LogP contribution in [0.1, 0.15) is 5.56 Å². The number of anilines is 1. The quantitative estimate of drug-likeness (QED) is 0.860. The molecule has 1 fully saturated rings. The summed E-state index contributed by atoms with van der Waals surface area (Å²) in [5, 5.41) is 6.03. The maximum Gasteiger partial charge on any atom is 0.411 e. The third-order valence-electron chi connectivity index (χ3n) is 3.29. The maximum atomic E-state index is 11.1. The van der Waals surface area contributed by atoms with Crippen molar-refractivity contribution in [3.63, 3.8) is 0 Å². The van der Waals surface area contributed by atoms with E-state index in [-0.39, 0.29) is 0 Å². The van der Waals surface area contributed by atoms with Crippen molar-refractivity contribution in [1.29, 1.82) is 0 Å². The Morgan fingerprint density at radius 3 is 2.95 bits per heavy atom. The molecule has 0 saturated carbocycles. The molecule has 0 aliphatic carbocycles.